The summed E-state index contributed by atoms with van der Waals surface area (Å²) in [7, 11) is 0. The van der Waals surface area contributed by atoms with Gasteiger partial charge in [0.25, 0.3) is 0 Å². The number of benzene rings is 4. The molecule has 0 unspecified atom stereocenters. The molecule has 2 aliphatic heterocycles. The number of hydrogen-bond donors (Lipinski definition) is 4. The maximum Gasteiger partial charge on any atom is 0.303 e. The minimum absolute atomic E-state index is 0.212. The molecule has 9 heteroatoms. The van der Waals surface area contributed by atoms with Crippen LogP contribution < -0.4 is 5.32 Å². The fraction of sp³-hybridized carbons (Fsp3) is 0.238. The molecule has 2 aromatic heterocycles. The molecule has 4 aromatic carbocycles. The Hall–Kier alpha value is -5.80. The highest BCUT2D eigenvalue weighted by atomic mass is 16.4. The van der Waals surface area contributed by atoms with E-state index in [1.807, 2.05) is 89.8 Å². The minimum atomic E-state index is -0.742. The Kier molecular flexibility index (Phi) is 12.2. The van der Waals surface area contributed by atoms with Gasteiger partial charge in [-0.25, -0.2) is 0 Å². The molecular weight excluding hydrogens is 637 g/mol. The lowest BCUT2D eigenvalue weighted by molar-refractivity contribution is -0.137. The molecule has 0 spiro atoms. The number of carbonyl (C=O) groups is 2. The Morgan fingerprint density at radius 2 is 1.12 bits per heavy atom. The van der Waals surface area contributed by atoms with Gasteiger partial charge < -0.3 is 15.3 Å². The number of carboxylic acids is 1. The third kappa shape index (κ3) is 9.67. The molecule has 0 fully saturated rings. The number of H-pyrrole nitrogens is 2. The van der Waals surface area contributed by atoms with Crippen molar-refractivity contribution in [1.82, 2.24) is 30.6 Å². The number of aromatic nitrogens is 4. The Balaban J connectivity index is 0.000000146. The van der Waals surface area contributed by atoms with Gasteiger partial charge in [-0.3, -0.25) is 19.8 Å². The van der Waals surface area contributed by atoms with Crippen molar-refractivity contribution in [2.24, 2.45) is 0 Å². The number of hydrogen-bond acceptors (Lipinski definition) is 5. The van der Waals surface area contributed by atoms with Crippen molar-refractivity contribution in [3.05, 3.63) is 155 Å². The minimum Gasteiger partial charge on any atom is -0.481 e. The topological polar surface area (TPSA) is 127 Å². The number of fused-ring (bicyclic) bond motifs is 2. The lowest BCUT2D eigenvalue weighted by Crippen LogP contribution is -2.36. The molecule has 0 bridgehead atoms. The second-order valence-electron chi connectivity index (χ2n) is 12.6. The van der Waals surface area contributed by atoms with Crippen LogP contribution in [0.3, 0.4) is 0 Å². The summed E-state index contributed by atoms with van der Waals surface area (Å²) in [5, 5.41) is 26.9. The van der Waals surface area contributed by atoms with Gasteiger partial charge in [-0.1, -0.05) is 121 Å². The SMILES string of the molecule is O=C(CCc1ccccc1)N1CCc2[nH]nc(-c3ccccc3)c2C1.O=C(O)CCc1ccccc1.c1ccc(-c2n[nH]c3c2CNCC3)cc1. The summed E-state index contributed by atoms with van der Waals surface area (Å²) >= 11 is 0. The number of aliphatic carboxylic acids is 1. The van der Waals surface area contributed by atoms with Crippen LogP contribution in [0, 0.1) is 0 Å². The van der Waals surface area contributed by atoms with Crippen molar-refractivity contribution in [1.29, 1.82) is 0 Å². The number of carboxylic acid groups (broad SMARTS) is 1. The lowest BCUT2D eigenvalue weighted by Gasteiger charge is -2.27. The summed E-state index contributed by atoms with van der Waals surface area (Å²) in [6, 6.07) is 40.3. The zero-order valence-electron chi connectivity index (χ0n) is 28.7. The highest BCUT2D eigenvalue weighted by Crippen LogP contribution is 2.29. The molecule has 0 saturated carbocycles. The van der Waals surface area contributed by atoms with Crippen LogP contribution in [-0.4, -0.2) is 55.4 Å². The summed E-state index contributed by atoms with van der Waals surface area (Å²) < 4.78 is 0. The molecule has 260 valence electrons. The van der Waals surface area contributed by atoms with Crippen molar-refractivity contribution in [3.63, 3.8) is 0 Å². The first-order valence-electron chi connectivity index (χ1n) is 17.6. The van der Waals surface area contributed by atoms with E-state index in [1.54, 1.807) is 0 Å². The molecule has 0 atom stereocenters. The van der Waals surface area contributed by atoms with Crippen LogP contribution in [0.1, 0.15) is 46.5 Å². The number of aromatic amines is 2. The molecule has 1 amide bonds. The van der Waals surface area contributed by atoms with E-state index < -0.39 is 5.97 Å². The molecular formula is C42H44N6O3. The molecule has 0 saturated heterocycles. The average molecular weight is 681 g/mol. The first kappa shape index (κ1) is 35.0. The van der Waals surface area contributed by atoms with Gasteiger partial charge in [-0.15, -0.1) is 0 Å². The predicted molar refractivity (Wildman–Crippen MR) is 200 cm³/mol. The normalized spacial score (nSPS) is 13.1. The van der Waals surface area contributed by atoms with Gasteiger partial charge in [-0.05, 0) is 24.0 Å². The number of nitrogens with one attached hydrogen (secondary N) is 3. The van der Waals surface area contributed by atoms with Gasteiger partial charge in [0.15, 0.2) is 0 Å². The van der Waals surface area contributed by atoms with E-state index in [1.165, 1.54) is 22.4 Å². The van der Waals surface area contributed by atoms with Gasteiger partial charge in [0, 0.05) is 85.5 Å². The molecule has 6 aromatic rings. The Labute approximate surface area is 298 Å². The van der Waals surface area contributed by atoms with Crippen LogP contribution in [0.5, 0.6) is 0 Å². The smallest absolute Gasteiger partial charge is 0.303 e. The van der Waals surface area contributed by atoms with Gasteiger partial charge in [0.2, 0.25) is 5.91 Å². The predicted octanol–water partition coefficient (Wildman–Crippen LogP) is 7.02. The standard InChI is InChI=1S/C21H21N3O.C12H13N3.C9H10O2/c25-20(12-11-16-7-3-1-4-8-16)24-14-13-19-18(15-24)21(23-22-19)17-9-5-2-6-10-17;1-2-4-9(5-3-1)12-10-8-13-7-6-11(10)14-15-12;10-9(11)7-6-8-4-2-1-3-5-8/h1-10H,11-15H2,(H,22,23);1-5,13H,6-8H2,(H,14,15);1-5H,6-7H2,(H,10,11). The summed E-state index contributed by atoms with van der Waals surface area (Å²) in [6.07, 6.45) is 4.07. The Bertz CT molecular complexity index is 1980. The first-order chi connectivity index (χ1) is 25.0. The maximum atomic E-state index is 12.6. The molecule has 9 nitrogen and oxygen atoms in total. The summed E-state index contributed by atoms with van der Waals surface area (Å²) in [6.45, 7) is 3.38. The molecule has 51 heavy (non-hydrogen) atoms. The number of amides is 1. The first-order valence-corrected chi connectivity index (χ1v) is 17.6. The van der Waals surface area contributed by atoms with Crippen LogP contribution in [-0.2, 0) is 48.4 Å². The number of aryl methyl sites for hydroxylation is 2. The van der Waals surface area contributed by atoms with E-state index >= 15 is 0 Å². The van der Waals surface area contributed by atoms with Gasteiger partial charge in [-0.2, -0.15) is 10.2 Å². The van der Waals surface area contributed by atoms with Crippen LogP contribution in [0.25, 0.3) is 22.5 Å². The van der Waals surface area contributed by atoms with Crippen molar-refractivity contribution < 1.29 is 14.7 Å². The second-order valence-corrected chi connectivity index (χ2v) is 12.6. The number of nitrogens with zero attached hydrogens (tertiary/aromatic N) is 3. The Morgan fingerprint density at radius 3 is 1.67 bits per heavy atom. The number of carbonyl (C=O) groups excluding carboxylic acids is 1. The zero-order chi connectivity index (χ0) is 35.3. The molecule has 4 N–H and O–H groups in total. The second kappa shape index (κ2) is 17.7. The summed E-state index contributed by atoms with van der Waals surface area (Å²) in [4.78, 5) is 24.8. The largest absolute Gasteiger partial charge is 0.481 e. The highest BCUT2D eigenvalue weighted by Gasteiger charge is 2.25. The Morgan fingerprint density at radius 1 is 0.627 bits per heavy atom. The highest BCUT2D eigenvalue weighted by molar-refractivity contribution is 5.77. The van der Waals surface area contributed by atoms with Gasteiger partial charge in [0.1, 0.15) is 0 Å². The third-order valence-corrected chi connectivity index (χ3v) is 9.13. The molecule has 0 aliphatic carbocycles. The van der Waals surface area contributed by atoms with Crippen molar-refractivity contribution in [2.75, 3.05) is 13.1 Å². The van der Waals surface area contributed by atoms with E-state index in [4.69, 9.17) is 5.11 Å². The van der Waals surface area contributed by atoms with Gasteiger partial charge >= 0.3 is 5.97 Å². The summed E-state index contributed by atoms with van der Waals surface area (Å²) in [5.74, 6) is -0.524. The molecule has 8 rings (SSSR count). The van der Waals surface area contributed by atoms with E-state index in [9.17, 15) is 9.59 Å². The summed E-state index contributed by atoms with van der Waals surface area (Å²) in [5.41, 5.74) is 11.6. The van der Waals surface area contributed by atoms with Crippen molar-refractivity contribution >= 4 is 11.9 Å². The van der Waals surface area contributed by atoms with Gasteiger partial charge in [0.05, 0.1) is 11.4 Å². The monoisotopic (exact) mass is 680 g/mol. The van der Waals surface area contributed by atoms with Crippen LogP contribution in [0.4, 0.5) is 0 Å². The molecule has 4 heterocycles. The zero-order valence-corrected chi connectivity index (χ0v) is 28.7. The molecule has 2 aliphatic rings. The third-order valence-electron chi connectivity index (χ3n) is 9.13. The maximum absolute atomic E-state index is 12.6. The molecule has 0 radical (unpaired) electrons. The fourth-order valence-corrected chi connectivity index (χ4v) is 6.35. The van der Waals surface area contributed by atoms with Crippen LogP contribution in [0.2, 0.25) is 0 Å². The van der Waals surface area contributed by atoms with Crippen molar-refractivity contribution in [3.8, 4) is 22.5 Å². The fourth-order valence-electron chi connectivity index (χ4n) is 6.35. The quantitative estimate of drug-likeness (QED) is 0.137. The average Bonchev–Trinajstić information content (AvgIpc) is 3.83. The van der Waals surface area contributed by atoms with Crippen LogP contribution in [0.15, 0.2) is 121 Å². The van der Waals surface area contributed by atoms with Crippen molar-refractivity contribution in [2.45, 2.75) is 51.6 Å². The van der Waals surface area contributed by atoms with Crippen LogP contribution >= 0.6 is 0 Å². The lowest BCUT2D eigenvalue weighted by atomic mass is 10.0. The van der Waals surface area contributed by atoms with E-state index in [2.05, 4.69) is 62.1 Å². The van der Waals surface area contributed by atoms with E-state index in [-0.39, 0.29) is 12.3 Å². The van der Waals surface area contributed by atoms with E-state index in [0.717, 1.165) is 72.7 Å². The number of rotatable bonds is 8. The van der Waals surface area contributed by atoms with E-state index in [0.29, 0.717) is 19.4 Å².